The van der Waals surface area contributed by atoms with E-state index >= 15 is 0 Å². The Labute approximate surface area is 73.2 Å². The van der Waals surface area contributed by atoms with Crippen LogP contribution in [0.2, 0.25) is 0 Å². The SMILES string of the molecule is CC(C)[C@@H]1NC(=O)OC1C(F)(F)F. The lowest BCUT2D eigenvalue weighted by atomic mass is 9.99. The van der Waals surface area contributed by atoms with Gasteiger partial charge in [-0.05, 0) is 5.92 Å². The second-order valence-corrected chi connectivity index (χ2v) is 3.28. The number of carbonyl (C=O) groups excluding carboxylic acids is 1. The minimum Gasteiger partial charge on any atom is -0.434 e. The number of alkyl carbamates (subject to hydrolysis) is 1. The van der Waals surface area contributed by atoms with E-state index in [0.29, 0.717) is 0 Å². The fraction of sp³-hybridized carbons (Fsp3) is 0.857. The Bertz CT molecular complexity index is 214. The van der Waals surface area contributed by atoms with Crippen LogP contribution in [0, 0.1) is 5.92 Å². The van der Waals surface area contributed by atoms with Crippen LogP contribution in [0.5, 0.6) is 0 Å². The van der Waals surface area contributed by atoms with Gasteiger partial charge in [0.1, 0.15) is 0 Å². The van der Waals surface area contributed by atoms with Crippen LogP contribution in [-0.2, 0) is 4.74 Å². The molecule has 13 heavy (non-hydrogen) atoms. The fourth-order valence-corrected chi connectivity index (χ4v) is 1.22. The molecule has 0 aromatic rings. The summed E-state index contributed by atoms with van der Waals surface area (Å²) in [5.74, 6) is -0.307. The summed E-state index contributed by atoms with van der Waals surface area (Å²) in [4.78, 5) is 10.6. The third kappa shape index (κ3) is 2.05. The number of nitrogens with one attached hydrogen (secondary N) is 1. The molecule has 76 valence electrons. The number of ether oxygens (including phenoxy) is 1. The third-order valence-corrected chi connectivity index (χ3v) is 1.89. The molecule has 1 saturated heterocycles. The average Bonchev–Trinajstić information content (AvgIpc) is 2.29. The smallest absolute Gasteiger partial charge is 0.427 e. The molecular formula is C7H10F3NO2. The van der Waals surface area contributed by atoms with Crippen LogP contribution in [-0.4, -0.2) is 24.4 Å². The molecule has 0 aliphatic carbocycles. The maximum atomic E-state index is 12.2. The van der Waals surface area contributed by atoms with Crippen molar-refractivity contribution in [1.29, 1.82) is 0 Å². The van der Waals surface area contributed by atoms with E-state index in [1.807, 2.05) is 0 Å². The molecule has 0 bridgehead atoms. The van der Waals surface area contributed by atoms with Crippen LogP contribution in [0.3, 0.4) is 0 Å². The van der Waals surface area contributed by atoms with E-state index < -0.39 is 24.4 Å². The van der Waals surface area contributed by atoms with Gasteiger partial charge >= 0.3 is 12.3 Å². The average molecular weight is 197 g/mol. The highest BCUT2D eigenvalue weighted by atomic mass is 19.4. The summed E-state index contributed by atoms with van der Waals surface area (Å²) in [5.41, 5.74) is 0. The lowest BCUT2D eigenvalue weighted by Crippen LogP contribution is -2.44. The number of hydrogen-bond acceptors (Lipinski definition) is 2. The lowest BCUT2D eigenvalue weighted by Gasteiger charge is -2.21. The number of carbonyl (C=O) groups is 1. The molecule has 1 unspecified atom stereocenters. The van der Waals surface area contributed by atoms with E-state index in [9.17, 15) is 18.0 Å². The molecule has 1 rings (SSSR count). The molecule has 1 heterocycles. The highest BCUT2D eigenvalue weighted by molar-refractivity contribution is 5.70. The second-order valence-electron chi connectivity index (χ2n) is 3.28. The lowest BCUT2D eigenvalue weighted by molar-refractivity contribution is -0.201. The van der Waals surface area contributed by atoms with Gasteiger partial charge in [-0.15, -0.1) is 0 Å². The Balaban J connectivity index is 2.78. The maximum Gasteiger partial charge on any atom is 0.427 e. The molecule has 0 radical (unpaired) electrons. The van der Waals surface area contributed by atoms with Crippen molar-refractivity contribution in [3.63, 3.8) is 0 Å². The van der Waals surface area contributed by atoms with Crippen molar-refractivity contribution in [2.75, 3.05) is 0 Å². The van der Waals surface area contributed by atoms with Gasteiger partial charge in [0, 0.05) is 0 Å². The molecule has 6 heteroatoms. The number of cyclic esters (lactones) is 1. The van der Waals surface area contributed by atoms with Gasteiger partial charge in [0.05, 0.1) is 6.04 Å². The summed E-state index contributed by atoms with van der Waals surface area (Å²) in [7, 11) is 0. The Kier molecular flexibility index (Phi) is 2.40. The molecule has 0 aromatic carbocycles. The van der Waals surface area contributed by atoms with E-state index in [1.54, 1.807) is 13.8 Å². The summed E-state index contributed by atoms with van der Waals surface area (Å²) in [6.45, 7) is 3.19. The summed E-state index contributed by atoms with van der Waals surface area (Å²) >= 11 is 0. The highest BCUT2D eigenvalue weighted by Gasteiger charge is 2.53. The first kappa shape index (κ1) is 10.1. The van der Waals surface area contributed by atoms with Crippen molar-refractivity contribution >= 4 is 6.09 Å². The van der Waals surface area contributed by atoms with E-state index in [2.05, 4.69) is 10.1 Å². The summed E-state index contributed by atoms with van der Waals surface area (Å²) in [6.07, 6.45) is -7.50. The Hall–Kier alpha value is -0.940. The summed E-state index contributed by atoms with van der Waals surface area (Å²) in [6, 6.07) is -0.979. The monoisotopic (exact) mass is 197 g/mol. The molecule has 0 saturated carbocycles. The van der Waals surface area contributed by atoms with Crippen LogP contribution in [0.15, 0.2) is 0 Å². The molecule has 1 amide bonds. The zero-order valence-corrected chi connectivity index (χ0v) is 7.18. The topological polar surface area (TPSA) is 38.3 Å². The Morgan fingerprint density at radius 1 is 1.46 bits per heavy atom. The molecule has 1 N–H and O–H groups in total. The number of rotatable bonds is 1. The molecule has 1 aliphatic rings. The largest absolute Gasteiger partial charge is 0.434 e. The molecule has 0 spiro atoms. The van der Waals surface area contributed by atoms with E-state index in [0.717, 1.165) is 0 Å². The Morgan fingerprint density at radius 3 is 2.31 bits per heavy atom. The summed E-state index contributed by atoms with van der Waals surface area (Å²) in [5, 5.41) is 2.13. The predicted molar refractivity (Wildman–Crippen MR) is 38.1 cm³/mol. The molecule has 3 nitrogen and oxygen atoms in total. The van der Waals surface area contributed by atoms with Crippen molar-refractivity contribution in [3.05, 3.63) is 0 Å². The molecular weight excluding hydrogens is 187 g/mol. The quantitative estimate of drug-likeness (QED) is 0.694. The van der Waals surface area contributed by atoms with Crippen molar-refractivity contribution in [2.24, 2.45) is 5.92 Å². The fourth-order valence-electron chi connectivity index (χ4n) is 1.22. The van der Waals surface area contributed by atoms with E-state index in [-0.39, 0.29) is 5.92 Å². The van der Waals surface area contributed by atoms with Crippen LogP contribution in [0.4, 0.5) is 18.0 Å². The van der Waals surface area contributed by atoms with Crippen LogP contribution >= 0.6 is 0 Å². The third-order valence-electron chi connectivity index (χ3n) is 1.89. The number of alkyl halides is 3. The van der Waals surface area contributed by atoms with E-state index in [4.69, 9.17) is 0 Å². The van der Waals surface area contributed by atoms with Gasteiger partial charge in [0.2, 0.25) is 6.10 Å². The van der Waals surface area contributed by atoms with Crippen LogP contribution in [0.1, 0.15) is 13.8 Å². The minimum absolute atomic E-state index is 0.307. The normalized spacial score (nSPS) is 28.9. The zero-order valence-electron chi connectivity index (χ0n) is 7.18. The van der Waals surface area contributed by atoms with Gasteiger partial charge < -0.3 is 10.1 Å². The van der Waals surface area contributed by atoms with Crippen molar-refractivity contribution in [1.82, 2.24) is 5.32 Å². The first-order valence-corrected chi connectivity index (χ1v) is 3.86. The molecule has 2 atom stereocenters. The zero-order chi connectivity index (χ0) is 10.2. The molecule has 1 aliphatic heterocycles. The molecule has 1 fully saturated rings. The Morgan fingerprint density at radius 2 is 2.00 bits per heavy atom. The minimum atomic E-state index is -4.49. The maximum absolute atomic E-state index is 12.2. The van der Waals surface area contributed by atoms with Crippen LogP contribution in [0.25, 0.3) is 0 Å². The predicted octanol–water partition coefficient (Wildman–Crippen LogP) is 1.68. The van der Waals surface area contributed by atoms with Gasteiger partial charge in [-0.3, -0.25) is 0 Å². The van der Waals surface area contributed by atoms with Gasteiger partial charge in [-0.25, -0.2) is 4.79 Å². The second kappa shape index (κ2) is 3.08. The van der Waals surface area contributed by atoms with Crippen molar-refractivity contribution < 1.29 is 22.7 Å². The molecule has 0 aromatic heterocycles. The number of hydrogen-bond donors (Lipinski definition) is 1. The first-order chi connectivity index (χ1) is 5.82. The van der Waals surface area contributed by atoms with Gasteiger partial charge in [-0.2, -0.15) is 13.2 Å². The van der Waals surface area contributed by atoms with Crippen LogP contribution < -0.4 is 5.32 Å². The first-order valence-electron chi connectivity index (χ1n) is 3.86. The van der Waals surface area contributed by atoms with E-state index in [1.165, 1.54) is 0 Å². The van der Waals surface area contributed by atoms with Gasteiger partial charge in [-0.1, -0.05) is 13.8 Å². The van der Waals surface area contributed by atoms with Gasteiger partial charge in [0.15, 0.2) is 0 Å². The van der Waals surface area contributed by atoms with Crippen molar-refractivity contribution in [2.45, 2.75) is 32.2 Å². The highest BCUT2D eigenvalue weighted by Crippen LogP contribution is 2.31. The van der Waals surface area contributed by atoms with Gasteiger partial charge in [0.25, 0.3) is 0 Å². The number of amides is 1. The summed E-state index contributed by atoms with van der Waals surface area (Å²) < 4.78 is 40.8. The number of halogens is 3. The standard InChI is InChI=1S/C7H10F3NO2/c1-3(2)4-5(7(8,9)10)13-6(12)11-4/h3-5H,1-2H3,(H,11,12)/t4-,5?/m0/s1. The van der Waals surface area contributed by atoms with Crippen molar-refractivity contribution in [3.8, 4) is 0 Å².